The Kier molecular flexibility index (Phi) is 4.21. The summed E-state index contributed by atoms with van der Waals surface area (Å²) in [5.41, 5.74) is -0.605. The highest BCUT2D eigenvalue weighted by Crippen LogP contribution is 2.31. The highest BCUT2D eigenvalue weighted by molar-refractivity contribution is 5.86. The molecular formula is C13H21N3O3. The van der Waals surface area contributed by atoms with E-state index in [2.05, 4.69) is 15.2 Å². The Morgan fingerprint density at radius 3 is 3.05 bits per heavy atom. The molecular weight excluding hydrogens is 246 g/mol. The van der Waals surface area contributed by atoms with Crippen LogP contribution in [-0.2, 0) is 16.1 Å². The van der Waals surface area contributed by atoms with Crippen molar-refractivity contribution in [2.45, 2.75) is 31.8 Å². The topological polar surface area (TPSA) is 67.6 Å². The second-order valence-electron chi connectivity index (χ2n) is 4.93. The molecule has 0 spiro atoms. The van der Waals surface area contributed by atoms with E-state index < -0.39 is 5.54 Å². The summed E-state index contributed by atoms with van der Waals surface area (Å²) in [5.74, 6) is 1.42. The van der Waals surface area contributed by atoms with Gasteiger partial charge in [-0.05, 0) is 26.3 Å². The summed E-state index contributed by atoms with van der Waals surface area (Å²) < 4.78 is 10.8. The molecule has 1 aromatic rings. The molecule has 1 saturated heterocycles. The van der Waals surface area contributed by atoms with Crippen LogP contribution < -0.4 is 5.32 Å². The molecule has 1 aliphatic heterocycles. The van der Waals surface area contributed by atoms with Crippen LogP contribution in [0.1, 0.15) is 24.5 Å². The van der Waals surface area contributed by atoms with Crippen molar-refractivity contribution in [1.29, 1.82) is 0 Å². The molecule has 1 atom stereocenters. The van der Waals surface area contributed by atoms with Gasteiger partial charge in [-0.15, -0.1) is 0 Å². The molecule has 1 aromatic heterocycles. The van der Waals surface area contributed by atoms with Crippen LogP contribution in [0, 0.1) is 6.92 Å². The van der Waals surface area contributed by atoms with Crippen molar-refractivity contribution in [2.75, 3.05) is 27.3 Å². The van der Waals surface area contributed by atoms with Gasteiger partial charge in [0.1, 0.15) is 11.3 Å². The van der Waals surface area contributed by atoms with Crippen LogP contribution in [0.4, 0.5) is 0 Å². The van der Waals surface area contributed by atoms with Crippen molar-refractivity contribution < 1.29 is 13.9 Å². The van der Waals surface area contributed by atoms with Crippen LogP contribution >= 0.6 is 0 Å². The number of nitrogens with one attached hydrogen (secondary N) is 1. The van der Waals surface area contributed by atoms with Gasteiger partial charge in [0, 0.05) is 14.2 Å². The molecule has 0 bridgehead atoms. The van der Waals surface area contributed by atoms with E-state index in [0.717, 1.165) is 25.1 Å². The smallest absolute Gasteiger partial charge is 0.242 e. The Hall–Kier alpha value is -1.40. The summed E-state index contributed by atoms with van der Waals surface area (Å²) in [6.07, 6.45) is 3.46. The van der Waals surface area contributed by atoms with Gasteiger partial charge in [-0.1, -0.05) is 0 Å². The van der Waals surface area contributed by atoms with Gasteiger partial charge in [-0.25, -0.2) is 4.98 Å². The fraction of sp³-hybridized carbons (Fsp3) is 0.692. The average molecular weight is 267 g/mol. The quantitative estimate of drug-likeness (QED) is 0.851. The highest BCUT2D eigenvalue weighted by atomic mass is 16.5. The van der Waals surface area contributed by atoms with Crippen LogP contribution in [0.5, 0.6) is 0 Å². The number of methoxy groups -OCH3 is 1. The van der Waals surface area contributed by atoms with Crippen LogP contribution in [0.3, 0.4) is 0 Å². The van der Waals surface area contributed by atoms with Gasteiger partial charge < -0.3 is 14.5 Å². The average Bonchev–Trinajstić information content (AvgIpc) is 2.98. The molecule has 1 N–H and O–H groups in total. The summed E-state index contributed by atoms with van der Waals surface area (Å²) in [6, 6.07) is 0. The Bertz CT molecular complexity index is 446. The molecule has 19 heavy (non-hydrogen) atoms. The van der Waals surface area contributed by atoms with Gasteiger partial charge >= 0.3 is 0 Å². The maximum atomic E-state index is 12.2. The molecule has 1 unspecified atom stereocenters. The van der Waals surface area contributed by atoms with Crippen molar-refractivity contribution in [1.82, 2.24) is 15.2 Å². The van der Waals surface area contributed by atoms with Crippen LogP contribution in [-0.4, -0.2) is 48.6 Å². The SMILES string of the molecule is CNC(=O)C1(COC)CCCN1Cc1ncc(C)o1. The number of carbonyl (C=O) groups is 1. The molecule has 1 fully saturated rings. The number of ether oxygens (including phenoxy) is 1. The number of hydrogen-bond donors (Lipinski definition) is 1. The second kappa shape index (κ2) is 5.71. The van der Waals surface area contributed by atoms with E-state index in [4.69, 9.17) is 9.15 Å². The summed E-state index contributed by atoms with van der Waals surface area (Å²) in [5, 5.41) is 2.74. The van der Waals surface area contributed by atoms with E-state index in [-0.39, 0.29) is 5.91 Å². The number of amides is 1. The first-order chi connectivity index (χ1) is 9.12. The second-order valence-corrected chi connectivity index (χ2v) is 4.93. The molecule has 106 valence electrons. The summed E-state index contributed by atoms with van der Waals surface area (Å²) in [4.78, 5) is 18.6. The van der Waals surface area contributed by atoms with E-state index >= 15 is 0 Å². The van der Waals surface area contributed by atoms with E-state index in [9.17, 15) is 4.79 Å². The molecule has 1 aliphatic rings. The van der Waals surface area contributed by atoms with Gasteiger partial charge in [0.2, 0.25) is 11.8 Å². The van der Waals surface area contributed by atoms with E-state index in [1.165, 1.54) is 0 Å². The van der Waals surface area contributed by atoms with E-state index in [1.807, 2.05) is 6.92 Å². The minimum Gasteiger partial charge on any atom is -0.445 e. The van der Waals surface area contributed by atoms with Crippen LogP contribution in [0.2, 0.25) is 0 Å². The van der Waals surface area contributed by atoms with Gasteiger partial charge in [0.25, 0.3) is 0 Å². The predicted molar refractivity (Wildman–Crippen MR) is 69.6 cm³/mol. The number of nitrogens with zero attached hydrogens (tertiary/aromatic N) is 2. The lowest BCUT2D eigenvalue weighted by molar-refractivity contribution is -0.135. The number of aryl methyl sites for hydroxylation is 1. The lowest BCUT2D eigenvalue weighted by Crippen LogP contribution is -2.57. The Morgan fingerprint density at radius 2 is 2.47 bits per heavy atom. The Labute approximate surface area is 113 Å². The van der Waals surface area contributed by atoms with Crippen molar-refractivity contribution in [3.63, 3.8) is 0 Å². The molecule has 6 heteroatoms. The predicted octanol–water partition coefficient (Wildman–Crippen LogP) is 0.710. The highest BCUT2D eigenvalue weighted by Gasteiger charge is 2.47. The van der Waals surface area contributed by atoms with Crippen molar-refractivity contribution in [3.05, 3.63) is 17.8 Å². The van der Waals surface area contributed by atoms with Gasteiger partial charge in [0.15, 0.2) is 0 Å². The number of oxazole rings is 1. The largest absolute Gasteiger partial charge is 0.445 e. The molecule has 0 saturated carbocycles. The molecule has 2 rings (SSSR count). The molecule has 0 radical (unpaired) electrons. The number of carbonyl (C=O) groups excluding carboxylic acids is 1. The monoisotopic (exact) mass is 267 g/mol. The van der Waals surface area contributed by atoms with Crippen molar-refractivity contribution in [3.8, 4) is 0 Å². The normalized spacial score (nSPS) is 23.7. The maximum absolute atomic E-state index is 12.2. The number of likely N-dealkylation sites (tertiary alicyclic amines) is 1. The molecule has 0 aromatic carbocycles. The van der Waals surface area contributed by atoms with Crippen molar-refractivity contribution in [2.24, 2.45) is 0 Å². The summed E-state index contributed by atoms with van der Waals surface area (Å²) in [6.45, 7) is 3.62. The fourth-order valence-corrected chi connectivity index (χ4v) is 2.76. The lowest BCUT2D eigenvalue weighted by atomic mass is 9.96. The number of aromatic nitrogens is 1. The van der Waals surface area contributed by atoms with Gasteiger partial charge in [-0.3, -0.25) is 9.69 Å². The van der Waals surface area contributed by atoms with Crippen molar-refractivity contribution >= 4 is 5.91 Å². The standard InChI is InChI=1S/C13H21N3O3/c1-10-7-15-11(19-10)8-16-6-4-5-13(16,9-18-3)12(17)14-2/h7H,4-6,8-9H2,1-3H3,(H,14,17). The van der Waals surface area contributed by atoms with E-state index in [0.29, 0.717) is 19.0 Å². The fourth-order valence-electron chi connectivity index (χ4n) is 2.76. The molecule has 0 aliphatic carbocycles. The molecule has 6 nitrogen and oxygen atoms in total. The first-order valence-corrected chi connectivity index (χ1v) is 6.50. The zero-order valence-corrected chi connectivity index (χ0v) is 11.7. The first-order valence-electron chi connectivity index (χ1n) is 6.50. The third-order valence-electron chi connectivity index (χ3n) is 3.65. The maximum Gasteiger partial charge on any atom is 0.242 e. The molecule has 1 amide bonds. The number of hydrogen-bond acceptors (Lipinski definition) is 5. The lowest BCUT2D eigenvalue weighted by Gasteiger charge is -2.35. The Balaban J connectivity index is 2.19. The van der Waals surface area contributed by atoms with Gasteiger partial charge in [-0.2, -0.15) is 0 Å². The van der Waals surface area contributed by atoms with Gasteiger partial charge in [0.05, 0.1) is 19.3 Å². The van der Waals surface area contributed by atoms with E-state index in [1.54, 1.807) is 20.4 Å². The van der Waals surface area contributed by atoms with Crippen LogP contribution in [0.15, 0.2) is 10.6 Å². The Morgan fingerprint density at radius 1 is 1.68 bits per heavy atom. The zero-order chi connectivity index (χ0) is 13.9. The minimum absolute atomic E-state index is 0.00451. The van der Waals surface area contributed by atoms with Crippen LogP contribution in [0.25, 0.3) is 0 Å². The third-order valence-corrected chi connectivity index (χ3v) is 3.65. The number of rotatable bonds is 5. The number of likely N-dealkylation sites (N-methyl/N-ethyl adjacent to an activating group) is 1. The molecule has 2 heterocycles. The first kappa shape index (κ1) is 14.0. The zero-order valence-electron chi connectivity index (χ0n) is 11.7. The summed E-state index contributed by atoms with van der Waals surface area (Å²) in [7, 11) is 3.28. The third kappa shape index (κ3) is 2.64. The minimum atomic E-state index is -0.605. The summed E-state index contributed by atoms with van der Waals surface area (Å²) >= 11 is 0.